The Kier molecular flexibility index (Phi) is 5.91. The molecular weight excluding hydrogens is 414 g/mol. The van der Waals surface area contributed by atoms with Crippen LogP contribution < -0.4 is 5.56 Å². The summed E-state index contributed by atoms with van der Waals surface area (Å²) in [5, 5.41) is 11.0. The van der Waals surface area contributed by atoms with Gasteiger partial charge in [0.15, 0.2) is 0 Å². The number of fused-ring (bicyclic) bond motifs is 1. The van der Waals surface area contributed by atoms with Gasteiger partial charge in [0.25, 0.3) is 5.56 Å². The number of carboxylic acids is 1. The summed E-state index contributed by atoms with van der Waals surface area (Å²) in [6, 6.07) is 7.74. The lowest BCUT2D eigenvalue weighted by Gasteiger charge is -2.31. The highest BCUT2D eigenvalue weighted by Gasteiger charge is 2.25. The minimum atomic E-state index is -1.18. The minimum Gasteiger partial charge on any atom is -0.478 e. The van der Waals surface area contributed by atoms with E-state index in [1.54, 1.807) is 11.9 Å². The molecule has 1 aliphatic rings. The van der Waals surface area contributed by atoms with E-state index < -0.39 is 11.5 Å². The second kappa shape index (κ2) is 8.63. The van der Waals surface area contributed by atoms with Crippen LogP contribution in [-0.2, 0) is 11.3 Å². The van der Waals surface area contributed by atoms with Crippen LogP contribution in [0.4, 0.5) is 0 Å². The van der Waals surface area contributed by atoms with Crippen molar-refractivity contribution in [3.8, 4) is 11.4 Å². The van der Waals surface area contributed by atoms with Crippen molar-refractivity contribution in [2.45, 2.75) is 51.6 Å². The number of nitrogens with zero attached hydrogens (tertiary/aromatic N) is 3. The topological polar surface area (TPSA) is 92.5 Å². The molecule has 1 N–H and O–H groups in total. The number of rotatable bonds is 5. The summed E-state index contributed by atoms with van der Waals surface area (Å²) in [6.07, 6.45) is 5.31. The van der Waals surface area contributed by atoms with Gasteiger partial charge in [0.2, 0.25) is 5.91 Å². The van der Waals surface area contributed by atoms with Crippen molar-refractivity contribution in [1.29, 1.82) is 0 Å². The Morgan fingerprint density at radius 2 is 2.00 bits per heavy atom. The van der Waals surface area contributed by atoms with Crippen LogP contribution in [0.3, 0.4) is 0 Å². The molecule has 2 aromatic heterocycles. The van der Waals surface area contributed by atoms with Crippen LogP contribution in [0.1, 0.15) is 48.0 Å². The molecule has 0 bridgehead atoms. The molecular formula is C23H25N3O4S. The van der Waals surface area contributed by atoms with Crippen LogP contribution in [0.25, 0.3) is 21.6 Å². The summed E-state index contributed by atoms with van der Waals surface area (Å²) in [5.74, 6) is -0.966. The molecule has 1 aliphatic carbocycles. The zero-order chi connectivity index (χ0) is 22.1. The first-order valence-corrected chi connectivity index (χ1v) is 11.3. The van der Waals surface area contributed by atoms with E-state index in [-0.39, 0.29) is 29.4 Å². The minimum absolute atomic E-state index is 0.0574. The highest BCUT2D eigenvalue weighted by Crippen LogP contribution is 2.27. The molecule has 0 aliphatic heterocycles. The number of carbonyl (C=O) groups excluding carboxylic acids is 1. The average Bonchev–Trinajstić information content (AvgIpc) is 3.20. The molecule has 1 amide bonds. The maximum atomic E-state index is 13.4. The van der Waals surface area contributed by atoms with E-state index in [2.05, 4.69) is 4.98 Å². The van der Waals surface area contributed by atoms with E-state index in [1.807, 2.05) is 31.2 Å². The second-order valence-electron chi connectivity index (χ2n) is 8.13. The molecule has 0 unspecified atom stereocenters. The number of carboxylic acid groups (broad SMARTS) is 1. The van der Waals surface area contributed by atoms with Gasteiger partial charge in [-0.1, -0.05) is 43.0 Å². The number of hydrogen-bond donors (Lipinski definition) is 1. The van der Waals surface area contributed by atoms with Gasteiger partial charge in [-0.15, -0.1) is 11.3 Å². The molecule has 1 aromatic carbocycles. The standard InChI is InChI=1S/C23H25N3O4S/c1-14-7-6-8-15(11-14)20-24-21-19(17(13-31-21)23(29)30)22(28)26(20)12-18(27)25(2)16-9-4-3-5-10-16/h6-8,11,13,16H,3-5,9-10,12H2,1-2H3,(H,29,30). The van der Waals surface area contributed by atoms with Crippen LogP contribution in [0.2, 0.25) is 0 Å². The first-order valence-electron chi connectivity index (χ1n) is 10.4. The summed E-state index contributed by atoms with van der Waals surface area (Å²) < 4.78 is 1.33. The normalized spacial score (nSPS) is 14.6. The van der Waals surface area contributed by atoms with Gasteiger partial charge >= 0.3 is 5.97 Å². The molecule has 162 valence electrons. The Balaban J connectivity index is 1.82. The van der Waals surface area contributed by atoms with E-state index in [1.165, 1.54) is 16.4 Å². The Morgan fingerprint density at radius 3 is 2.68 bits per heavy atom. The number of aromatic carboxylic acids is 1. The molecule has 2 heterocycles. The van der Waals surface area contributed by atoms with Crippen molar-refractivity contribution in [3.63, 3.8) is 0 Å². The van der Waals surface area contributed by atoms with Crippen LogP contribution in [-0.4, -0.2) is 44.5 Å². The molecule has 0 radical (unpaired) electrons. The van der Waals surface area contributed by atoms with Gasteiger partial charge in [0.05, 0.1) is 10.9 Å². The van der Waals surface area contributed by atoms with Gasteiger partial charge in [-0.2, -0.15) is 0 Å². The fraction of sp³-hybridized carbons (Fsp3) is 0.391. The number of hydrogen-bond acceptors (Lipinski definition) is 5. The second-order valence-corrected chi connectivity index (χ2v) is 8.99. The fourth-order valence-corrected chi connectivity index (χ4v) is 5.15. The van der Waals surface area contributed by atoms with Crippen molar-refractivity contribution >= 4 is 33.4 Å². The summed E-state index contributed by atoms with van der Waals surface area (Å²) in [6.45, 7) is 1.77. The summed E-state index contributed by atoms with van der Waals surface area (Å²) in [5.41, 5.74) is 1.15. The smallest absolute Gasteiger partial charge is 0.337 e. The zero-order valence-corrected chi connectivity index (χ0v) is 18.4. The van der Waals surface area contributed by atoms with Crippen molar-refractivity contribution in [3.05, 3.63) is 51.1 Å². The van der Waals surface area contributed by atoms with E-state index in [0.717, 1.165) is 48.1 Å². The molecule has 7 nitrogen and oxygen atoms in total. The average molecular weight is 440 g/mol. The predicted octanol–water partition coefficient (Wildman–Crippen LogP) is 3.92. The van der Waals surface area contributed by atoms with Crippen LogP contribution in [0.15, 0.2) is 34.4 Å². The Labute approximate surface area is 184 Å². The molecule has 0 saturated heterocycles. The fourth-order valence-electron chi connectivity index (χ4n) is 4.25. The lowest BCUT2D eigenvalue weighted by molar-refractivity contribution is -0.133. The van der Waals surface area contributed by atoms with Crippen LogP contribution in [0.5, 0.6) is 0 Å². The first-order chi connectivity index (χ1) is 14.9. The lowest BCUT2D eigenvalue weighted by Crippen LogP contribution is -2.42. The maximum Gasteiger partial charge on any atom is 0.337 e. The Morgan fingerprint density at radius 1 is 1.26 bits per heavy atom. The predicted molar refractivity (Wildman–Crippen MR) is 121 cm³/mol. The number of carbonyl (C=O) groups is 2. The number of thiophene rings is 1. The van der Waals surface area contributed by atoms with E-state index in [4.69, 9.17) is 0 Å². The number of benzene rings is 1. The van der Waals surface area contributed by atoms with Crippen LogP contribution in [0, 0.1) is 6.92 Å². The van der Waals surface area contributed by atoms with Crippen LogP contribution >= 0.6 is 11.3 Å². The van der Waals surface area contributed by atoms with E-state index in [0.29, 0.717) is 10.7 Å². The molecule has 1 saturated carbocycles. The third-order valence-corrected chi connectivity index (χ3v) is 6.88. The third kappa shape index (κ3) is 4.12. The Hall–Kier alpha value is -3.00. The molecule has 0 spiro atoms. The number of likely N-dealkylation sites (N-methyl/N-ethyl adjacent to an activating group) is 1. The highest BCUT2D eigenvalue weighted by molar-refractivity contribution is 7.17. The van der Waals surface area contributed by atoms with Crippen molar-refractivity contribution in [2.24, 2.45) is 0 Å². The summed E-state index contributed by atoms with van der Waals surface area (Å²) in [4.78, 5) is 44.9. The van der Waals surface area contributed by atoms with Gasteiger partial charge < -0.3 is 10.0 Å². The van der Waals surface area contributed by atoms with Gasteiger partial charge in [-0.3, -0.25) is 14.2 Å². The number of aryl methyl sites for hydroxylation is 1. The van der Waals surface area contributed by atoms with Gasteiger partial charge in [0, 0.05) is 24.0 Å². The molecule has 0 atom stereocenters. The molecule has 31 heavy (non-hydrogen) atoms. The largest absolute Gasteiger partial charge is 0.478 e. The molecule has 1 fully saturated rings. The van der Waals surface area contributed by atoms with E-state index >= 15 is 0 Å². The SMILES string of the molecule is Cc1cccc(-c2nc3scc(C(=O)O)c3c(=O)n2CC(=O)N(C)C2CCCCC2)c1. The number of amides is 1. The Bertz CT molecular complexity index is 1210. The molecule has 3 aromatic rings. The van der Waals surface area contributed by atoms with E-state index in [9.17, 15) is 19.5 Å². The first kappa shape index (κ1) is 21.2. The van der Waals surface area contributed by atoms with Gasteiger partial charge in [-0.05, 0) is 25.8 Å². The summed E-state index contributed by atoms with van der Waals surface area (Å²) in [7, 11) is 1.79. The van der Waals surface area contributed by atoms with Crippen molar-refractivity contribution in [1.82, 2.24) is 14.5 Å². The van der Waals surface area contributed by atoms with Crippen molar-refractivity contribution in [2.75, 3.05) is 7.05 Å². The van der Waals surface area contributed by atoms with Crippen molar-refractivity contribution < 1.29 is 14.7 Å². The maximum absolute atomic E-state index is 13.4. The molecule has 8 heteroatoms. The van der Waals surface area contributed by atoms with Gasteiger partial charge in [0.1, 0.15) is 17.2 Å². The van der Waals surface area contributed by atoms with Gasteiger partial charge in [-0.25, -0.2) is 9.78 Å². The lowest BCUT2D eigenvalue weighted by atomic mass is 9.94. The molecule has 4 rings (SSSR count). The highest BCUT2D eigenvalue weighted by atomic mass is 32.1. The number of aromatic nitrogens is 2. The summed E-state index contributed by atoms with van der Waals surface area (Å²) >= 11 is 1.13. The monoisotopic (exact) mass is 439 g/mol. The quantitative estimate of drug-likeness (QED) is 0.650. The zero-order valence-electron chi connectivity index (χ0n) is 17.6. The third-order valence-electron chi connectivity index (χ3n) is 6.01.